The summed E-state index contributed by atoms with van der Waals surface area (Å²) < 4.78 is 23.6. The molecule has 0 radical (unpaired) electrons. The van der Waals surface area contributed by atoms with Crippen LogP contribution in [0.1, 0.15) is 5.56 Å². The summed E-state index contributed by atoms with van der Waals surface area (Å²) in [6.45, 7) is 0. The fourth-order valence-electron chi connectivity index (χ4n) is 1.22. The van der Waals surface area contributed by atoms with Crippen molar-refractivity contribution in [2.45, 2.75) is 4.21 Å². The Morgan fingerprint density at radius 1 is 1.28 bits per heavy atom. The van der Waals surface area contributed by atoms with Crippen LogP contribution in [0.4, 0.5) is 0 Å². The third-order valence-corrected chi connectivity index (χ3v) is 4.85. The van der Waals surface area contributed by atoms with Crippen molar-refractivity contribution in [3.8, 4) is 0 Å². The summed E-state index contributed by atoms with van der Waals surface area (Å²) in [6, 6.07) is 10.1. The normalized spacial score (nSPS) is 11.8. The number of halogens is 1. The molecule has 0 aliphatic carbocycles. The van der Waals surface area contributed by atoms with E-state index in [0.29, 0.717) is 5.02 Å². The van der Waals surface area contributed by atoms with Crippen molar-refractivity contribution < 1.29 is 8.42 Å². The molecule has 0 aliphatic rings. The highest BCUT2D eigenvalue weighted by Gasteiger charge is 2.12. The highest BCUT2D eigenvalue weighted by atomic mass is 35.5. The van der Waals surface area contributed by atoms with E-state index >= 15 is 0 Å². The first-order valence-corrected chi connectivity index (χ1v) is 7.66. The van der Waals surface area contributed by atoms with Gasteiger partial charge in [0.15, 0.2) is 0 Å². The SMILES string of the molecule is O=S(=O)(N/N=C/c1cccc(Cl)c1)c1cccs1. The molecule has 0 spiro atoms. The van der Waals surface area contributed by atoms with Gasteiger partial charge in [0.2, 0.25) is 0 Å². The van der Waals surface area contributed by atoms with E-state index in [2.05, 4.69) is 9.93 Å². The van der Waals surface area contributed by atoms with Gasteiger partial charge in [0.1, 0.15) is 4.21 Å². The van der Waals surface area contributed by atoms with Crippen molar-refractivity contribution >= 4 is 39.2 Å². The minimum atomic E-state index is -3.56. The Hall–Kier alpha value is -1.37. The minimum Gasteiger partial charge on any atom is -0.199 e. The molecule has 7 heteroatoms. The van der Waals surface area contributed by atoms with Crippen molar-refractivity contribution in [1.29, 1.82) is 0 Å². The molecular weight excluding hydrogens is 292 g/mol. The van der Waals surface area contributed by atoms with E-state index in [9.17, 15) is 8.42 Å². The highest BCUT2D eigenvalue weighted by molar-refractivity contribution is 7.91. The zero-order valence-corrected chi connectivity index (χ0v) is 11.5. The largest absolute Gasteiger partial charge is 0.286 e. The Balaban J connectivity index is 2.08. The van der Waals surface area contributed by atoms with Crippen LogP contribution >= 0.6 is 22.9 Å². The second-order valence-electron chi connectivity index (χ2n) is 3.34. The molecule has 0 atom stereocenters. The van der Waals surface area contributed by atoms with E-state index in [-0.39, 0.29) is 4.21 Å². The number of nitrogens with one attached hydrogen (secondary N) is 1. The molecule has 0 saturated heterocycles. The first-order chi connectivity index (χ1) is 8.58. The zero-order chi connectivity index (χ0) is 13.0. The van der Waals surface area contributed by atoms with E-state index in [4.69, 9.17) is 11.6 Å². The Bertz CT molecular complexity index is 651. The van der Waals surface area contributed by atoms with E-state index in [0.717, 1.165) is 16.9 Å². The van der Waals surface area contributed by atoms with Crippen molar-refractivity contribution in [3.63, 3.8) is 0 Å². The summed E-state index contributed by atoms with van der Waals surface area (Å²) in [6.07, 6.45) is 1.40. The van der Waals surface area contributed by atoms with Crippen molar-refractivity contribution in [3.05, 3.63) is 52.4 Å². The summed E-state index contributed by atoms with van der Waals surface area (Å²) in [4.78, 5) is 2.14. The lowest BCUT2D eigenvalue weighted by Crippen LogP contribution is -2.17. The van der Waals surface area contributed by atoms with Crippen LogP contribution in [0.2, 0.25) is 5.02 Å². The summed E-state index contributed by atoms with van der Waals surface area (Å²) in [5, 5.41) is 5.95. The third-order valence-electron chi connectivity index (χ3n) is 2.00. The summed E-state index contributed by atoms with van der Waals surface area (Å²) in [5.41, 5.74) is 0.719. The lowest BCUT2D eigenvalue weighted by Gasteiger charge is -1.99. The molecule has 1 heterocycles. The van der Waals surface area contributed by atoms with Gasteiger partial charge in [-0.1, -0.05) is 29.8 Å². The van der Waals surface area contributed by atoms with Crippen LogP contribution in [0.15, 0.2) is 51.1 Å². The maximum Gasteiger partial charge on any atom is 0.286 e. The van der Waals surface area contributed by atoms with E-state index in [1.165, 1.54) is 12.3 Å². The highest BCUT2D eigenvalue weighted by Crippen LogP contribution is 2.15. The lowest BCUT2D eigenvalue weighted by atomic mass is 10.2. The zero-order valence-electron chi connectivity index (χ0n) is 9.08. The monoisotopic (exact) mass is 300 g/mol. The quantitative estimate of drug-likeness (QED) is 0.697. The molecule has 94 valence electrons. The molecular formula is C11H9ClN2O2S2. The Kier molecular flexibility index (Phi) is 4.00. The first kappa shape index (κ1) is 13.1. The van der Waals surface area contributed by atoms with Gasteiger partial charge in [-0.15, -0.1) is 11.3 Å². The van der Waals surface area contributed by atoms with Crippen LogP contribution in [-0.2, 0) is 10.0 Å². The Labute approximate surface area is 114 Å². The molecule has 1 aromatic heterocycles. The lowest BCUT2D eigenvalue weighted by molar-refractivity contribution is 0.587. The van der Waals surface area contributed by atoms with Crippen molar-refractivity contribution in [2.75, 3.05) is 0 Å². The molecule has 4 nitrogen and oxygen atoms in total. The van der Waals surface area contributed by atoms with Crippen molar-refractivity contribution in [2.24, 2.45) is 5.10 Å². The third kappa shape index (κ3) is 3.32. The Morgan fingerprint density at radius 2 is 2.11 bits per heavy atom. The van der Waals surface area contributed by atoms with E-state index in [1.807, 2.05) is 0 Å². The Morgan fingerprint density at radius 3 is 2.78 bits per heavy atom. The number of benzene rings is 1. The molecule has 1 N–H and O–H groups in total. The molecule has 2 aromatic rings. The fourth-order valence-corrected chi connectivity index (χ4v) is 3.19. The topological polar surface area (TPSA) is 58.5 Å². The smallest absolute Gasteiger partial charge is 0.199 e. The average Bonchev–Trinajstić information content (AvgIpc) is 2.83. The maximum atomic E-state index is 11.7. The van der Waals surface area contributed by atoms with Gasteiger partial charge in [-0.3, -0.25) is 0 Å². The number of nitrogens with zero attached hydrogens (tertiary/aromatic N) is 1. The van der Waals surface area contributed by atoms with Crippen LogP contribution in [0.25, 0.3) is 0 Å². The molecule has 2 rings (SSSR count). The minimum absolute atomic E-state index is 0.228. The molecule has 0 amide bonds. The molecule has 1 aromatic carbocycles. The second kappa shape index (κ2) is 5.51. The van der Waals surface area contributed by atoms with Crippen LogP contribution in [0, 0.1) is 0 Å². The van der Waals surface area contributed by atoms with Crippen LogP contribution in [-0.4, -0.2) is 14.6 Å². The van der Waals surface area contributed by atoms with Gasteiger partial charge in [-0.05, 0) is 29.1 Å². The second-order valence-corrected chi connectivity index (χ2v) is 6.61. The van der Waals surface area contributed by atoms with Crippen LogP contribution in [0.3, 0.4) is 0 Å². The molecule has 0 bridgehead atoms. The van der Waals surface area contributed by atoms with Gasteiger partial charge in [0.05, 0.1) is 6.21 Å². The molecule has 0 fully saturated rings. The van der Waals surface area contributed by atoms with Gasteiger partial charge in [0, 0.05) is 5.02 Å². The summed E-state index contributed by atoms with van der Waals surface area (Å²) in [7, 11) is -3.56. The van der Waals surface area contributed by atoms with E-state index in [1.54, 1.807) is 35.7 Å². The molecule has 0 aliphatic heterocycles. The summed E-state index contributed by atoms with van der Waals surface area (Å²) in [5.74, 6) is 0. The van der Waals surface area contributed by atoms with Crippen molar-refractivity contribution in [1.82, 2.24) is 4.83 Å². The predicted molar refractivity (Wildman–Crippen MR) is 73.7 cm³/mol. The summed E-state index contributed by atoms with van der Waals surface area (Å²) >= 11 is 6.93. The number of hydrazone groups is 1. The predicted octanol–water partition coefficient (Wildman–Crippen LogP) is 2.71. The van der Waals surface area contributed by atoms with Gasteiger partial charge in [-0.2, -0.15) is 18.4 Å². The number of sulfonamides is 1. The van der Waals surface area contributed by atoms with Crippen LogP contribution < -0.4 is 4.83 Å². The average molecular weight is 301 g/mol. The van der Waals surface area contributed by atoms with E-state index < -0.39 is 10.0 Å². The van der Waals surface area contributed by atoms with Gasteiger partial charge < -0.3 is 0 Å². The van der Waals surface area contributed by atoms with Gasteiger partial charge in [-0.25, -0.2) is 0 Å². The molecule has 18 heavy (non-hydrogen) atoms. The van der Waals surface area contributed by atoms with Crippen LogP contribution in [0.5, 0.6) is 0 Å². The standard InChI is InChI=1S/C11H9ClN2O2S2/c12-10-4-1-3-9(7-10)8-13-14-18(15,16)11-5-2-6-17-11/h1-8,14H/b13-8+. The molecule has 0 saturated carbocycles. The number of rotatable bonds is 4. The first-order valence-electron chi connectivity index (χ1n) is 4.92. The molecule has 0 unspecified atom stereocenters. The maximum absolute atomic E-state index is 11.7. The van der Waals surface area contributed by atoms with Gasteiger partial charge >= 0.3 is 0 Å². The van der Waals surface area contributed by atoms with Gasteiger partial charge in [0.25, 0.3) is 10.0 Å². The fraction of sp³-hybridized carbons (Fsp3) is 0. The number of thiophene rings is 1. The number of hydrogen-bond acceptors (Lipinski definition) is 4. The number of hydrogen-bond donors (Lipinski definition) is 1.